The zero-order valence-corrected chi connectivity index (χ0v) is 11.6. The molecule has 0 fully saturated rings. The van der Waals surface area contributed by atoms with Crippen molar-refractivity contribution in [2.45, 2.75) is 26.8 Å². The van der Waals surface area contributed by atoms with E-state index in [-0.39, 0.29) is 5.78 Å². The number of benzene rings is 1. The average Bonchev–Trinajstić information content (AvgIpc) is 2.79. The van der Waals surface area contributed by atoms with Gasteiger partial charge in [-0.2, -0.15) is 5.10 Å². The Bertz CT molecular complexity index is 593. The van der Waals surface area contributed by atoms with Crippen LogP contribution < -0.4 is 4.74 Å². The minimum Gasteiger partial charge on any atom is -0.452 e. The molecule has 0 spiro atoms. The Morgan fingerprint density at radius 1 is 1.47 bits per heavy atom. The Labute approximate surface area is 116 Å². The van der Waals surface area contributed by atoms with Gasteiger partial charge in [0.2, 0.25) is 0 Å². The average molecular weight is 279 g/mol. The summed E-state index contributed by atoms with van der Waals surface area (Å²) in [6.45, 7) is 4.43. The number of ether oxygens (including phenoxy) is 1. The number of aryl methyl sites for hydroxylation is 1. The fourth-order valence-corrected chi connectivity index (χ4v) is 1.90. The Balaban J connectivity index is 2.16. The number of halogens is 1. The molecule has 0 amide bonds. The number of Topliss-reactive ketones (excluding diaryl/α,β-unsaturated/α-hetero) is 1. The second-order valence-electron chi connectivity index (χ2n) is 4.24. The van der Waals surface area contributed by atoms with Gasteiger partial charge in [-0.25, -0.2) is 0 Å². The summed E-state index contributed by atoms with van der Waals surface area (Å²) >= 11 is 6.09. The van der Waals surface area contributed by atoms with E-state index in [0.717, 1.165) is 13.0 Å². The molecule has 5 heteroatoms. The van der Waals surface area contributed by atoms with Gasteiger partial charge < -0.3 is 4.74 Å². The zero-order chi connectivity index (χ0) is 13.8. The molecule has 0 unspecified atom stereocenters. The first-order chi connectivity index (χ1) is 9.10. The summed E-state index contributed by atoms with van der Waals surface area (Å²) in [7, 11) is 0. The lowest BCUT2D eigenvalue weighted by molar-refractivity contribution is 0.101. The van der Waals surface area contributed by atoms with Crippen LogP contribution in [0.4, 0.5) is 0 Å². The van der Waals surface area contributed by atoms with E-state index in [1.165, 1.54) is 6.92 Å². The van der Waals surface area contributed by atoms with Crippen molar-refractivity contribution in [2.24, 2.45) is 0 Å². The van der Waals surface area contributed by atoms with Crippen LogP contribution in [-0.4, -0.2) is 15.6 Å². The number of rotatable bonds is 5. The molecule has 0 bridgehead atoms. The maximum absolute atomic E-state index is 11.2. The number of nitrogens with zero attached hydrogens (tertiary/aromatic N) is 2. The third-order valence-corrected chi connectivity index (χ3v) is 2.92. The summed E-state index contributed by atoms with van der Waals surface area (Å²) in [4.78, 5) is 11.2. The van der Waals surface area contributed by atoms with Crippen molar-refractivity contribution in [3.63, 3.8) is 0 Å². The summed E-state index contributed by atoms with van der Waals surface area (Å²) in [6, 6.07) is 4.99. The summed E-state index contributed by atoms with van der Waals surface area (Å²) in [5.41, 5.74) is 0.569. The minimum absolute atomic E-state index is 0.0239. The predicted octanol–water partition coefficient (Wildman–Crippen LogP) is 3.94. The second-order valence-corrected chi connectivity index (χ2v) is 4.65. The van der Waals surface area contributed by atoms with Gasteiger partial charge in [-0.15, -0.1) is 0 Å². The van der Waals surface area contributed by atoms with E-state index >= 15 is 0 Å². The van der Waals surface area contributed by atoms with Gasteiger partial charge in [0.15, 0.2) is 11.5 Å². The third kappa shape index (κ3) is 3.35. The van der Waals surface area contributed by atoms with Gasteiger partial charge in [0.25, 0.3) is 0 Å². The SMILES string of the molecule is CCCn1cc(Oc2ccc(C(C)=O)cc2Cl)cn1. The number of ketones is 1. The van der Waals surface area contributed by atoms with E-state index in [2.05, 4.69) is 12.0 Å². The summed E-state index contributed by atoms with van der Waals surface area (Å²) in [5.74, 6) is 1.12. The highest BCUT2D eigenvalue weighted by molar-refractivity contribution is 6.32. The first kappa shape index (κ1) is 13.6. The molecule has 0 aliphatic carbocycles. The molecule has 1 aromatic heterocycles. The molecule has 0 aliphatic rings. The molecule has 100 valence electrons. The molecular formula is C14H15ClN2O2. The van der Waals surface area contributed by atoms with Crippen LogP contribution in [-0.2, 0) is 6.54 Å². The Morgan fingerprint density at radius 3 is 2.89 bits per heavy atom. The Morgan fingerprint density at radius 2 is 2.26 bits per heavy atom. The van der Waals surface area contributed by atoms with Gasteiger partial charge in [0.05, 0.1) is 17.4 Å². The van der Waals surface area contributed by atoms with Crippen LogP contribution in [0.5, 0.6) is 11.5 Å². The maximum atomic E-state index is 11.2. The quantitative estimate of drug-likeness (QED) is 0.778. The van der Waals surface area contributed by atoms with Gasteiger partial charge in [-0.1, -0.05) is 18.5 Å². The van der Waals surface area contributed by atoms with E-state index in [1.54, 1.807) is 24.4 Å². The van der Waals surface area contributed by atoms with Crippen molar-refractivity contribution in [3.8, 4) is 11.5 Å². The van der Waals surface area contributed by atoms with Crippen molar-refractivity contribution in [3.05, 3.63) is 41.2 Å². The summed E-state index contributed by atoms with van der Waals surface area (Å²) in [6.07, 6.45) is 4.47. The van der Waals surface area contributed by atoms with Gasteiger partial charge in [-0.3, -0.25) is 9.48 Å². The highest BCUT2D eigenvalue weighted by Gasteiger charge is 2.08. The lowest BCUT2D eigenvalue weighted by atomic mass is 10.1. The normalized spacial score (nSPS) is 10.5. The summed E-state index contributed by atoms with van der Waals surface area (Å²) < 4.78 is 7.46. The van der Waals surface area contributed by atoms with E-state index in [9.17, 15) is 4.79 Å². The van der Waals surface area contributed by atoms with Crippen molar-refractivity contribution in [1.82, 2.24) is 9.78 Å². The van der Waals surface area contributed by atoms with Crippen molar-refractivity contribution < 1.29 is 9.53 Å². The molecule has 0 saturated carbocycles. The van der Waals surface area contributed by atoms with Crippen molar-refractivity contribution >= 4 is 17.4 Å². The van der Waals surface area contributed by atoms with Crippen LogP contribution >= 0.6 is 11.6 Å². The predicted molar refractivity (Wildman–Crippen MR) is 74.0 cm³/mol. The van der Waals surface area contributed by atoms with Crippen LogP contribution in [0.2, 0.25) is 5.02 Å². The molecule has 0 saturated heterocycles. The molecule has 0 N–H and O–H groups in total. The fraction of sp³-hybridized carbons (Fsp3) is 0.286. The molecular weight excluding hydrogens is 264 g/mol. The van der Waals surface area contributed by atoms with Crippen molar-refractivity contribution in [2.75, 3.05) is 0 Å². The Hall–Kier alpha value is -1.81. The van der Waals surface area contributed by atoms with Crippen LogP contribution in [0, 0.1) is 0 Å². The van der Waals surface area contributed by atoms with Crippen LogP contribution in [0.15, 0.2) is 30.6 Å². The highest BCUT2D eigenvalue weighted by Crippen LogP contribution is 2.30. The highest BCUT2D eigenvalue weighted by atomic mass is 35.5. The lowest BCUT2D eigenvalue weighted by Crippen LogP contribution is -1.95. The standard InChI is InChI=1S/C14H15ClN2O2/c1-3-6-17-9-12(8-16-17)19-14-5-4-11(10(2)18)7-13(14)15/h4-5,7-9H,3,6H2,1-2H3. The summed E-state index contributed by atoms with van der Waals surface area (Å²) in [5, 5.41) is 4.58. The van der Waals surface area contributed by atoms with Gasteiger partial charge in [-0.05, 0) is 31.5 Å². The molecule has 1 heterocycles. The lowest BCUT2D eigenvalue weighted by Gasteiger charge is -2.06. The smallest absolute Gasteiger partial charge is 0.165 e. The molecule has 4 nitrogen and oxygen atoms in total. The number of aromatic nitrogens is 2. The molecule has 0 atom stereocenters. The van der Waals surface area contributed by atoms with Gasteiger partial charge in [0, 0.05) is 12.1 Å². The second kappa shape index (κ2) is 5.89. The van der Waals surface area contributed by atoms with Crippen molar-refractivity contribution in [1.29, 1.82) is 0 Å². The third-order valence-electron chi connectivity index (χ3n) is 2.63. The maximum Gasteiger partial charge on any atom is 0.165 e. The molecule has 0 radical (unpaired) electrons. The first-order valence-corrected chi connectivity index (χ1v) is 6.48. The largest absolute Gasteiger partial charge is 0.452 e. The molecule has 2 aromatic rings. The van der Waals surface area contributed by atoms with Crippen LogP contribution in [0.3, 0.4) is 0 Å². The molecule has 2 rings (SSSR count). The fourth-order valence-electron chi connectivity index (χ4n) is 1.68. The molecule has 0 aliphatic heterocycles. The van der Waals surface area contributed by atoms with Gasteiger partial charge in [0.1, 0.15) is 5.75 Å². The van der Waals surface area contributed by atoms with E-state index < -0.39 is 0 Å². The number of hydrogen-bond acceptors (Lipinski definition) is 3. The van der Waals surface area contributed by atoms with Crippen LogP contribution in [0.1, 0.15) is 30.6 Å². The van der Waals surface area contributed by atoms with Gasteiger partial charge >= 0.3 is 0 Å². The van der Waals surface area contributed by atoms with E-state index in [0.29, 0.717) is 22.1 Å². The Kier molecular flexibility index (Phi) is 4.22. The topological polar surface area (TPSA) is 44.1 Å². The van der Waals surface area contributed by atoms with Crippen LogP contribution in [0.25, 0.3) is 0 Å². The van der Waals surface area contributed by atoms with E-state index in [1.807, 2.05) is 10.9 Å². The molecule has 19 heavy (non-hydrogen) atoms. The van der Waals surface area contributed by atoms with E-state index in [4.69, 9.17) is 16.3 Å². The number of hydrogen-bond donors (Lipinski definition) is 0. The number of carbonyl (C=O) groups is 1. The number of carbonyl (C=O) groups excluding carboxylic acids is 1. The minimum atomic E-state index is -0.0239. The first-order valence-electron chi connectivity index (χ1n) is 6.11. The zero-order valence-electron chi connectivity index (χ0n) is 10.9. The molecule has 1 aromatic carbocycles. The monoisotopic (exact) mass is 278 g/mol.